The number of rotatable bonds is 4. The second-order valence-electron chi connectivity index (χ2n) is 3.85. The van der Waals surface area contributed by atoms with E-state index in [1.54, 1.807) is 19.2 Å². The van der Waals surface area contributed by atoms with Crippen LogP contribution in [0.2, 0.25) is 0 Å². The molecule has 4 heteroatoms. The molecule has 0 saturated heterocycles. The standard InChI is InChI=1S/C14H14N2O2/c1-3-10-4-7-14(18-2)12(8-10)13-6-5-11(9-17)15-16-13/h4-9H,3H2,1-2H3. The lowest BCUT2D eigenvalue weighted by Crippen LogP contribution is -1.96. The van der Waals surface area contributed by atoms with E-state index in [9.17, 15) is 4.79 Å². The smallest absolute Gasteiger partial charge is 0.170 e. The van der Waals surface area contributed by atoms with Crippen molar-refractivity contribution in [3.8, 4) is 17.0 Å². The topological polar surface area (TPSA) is 52.1 Å². The molecular formula is C14H14N2O2. The molecule has 0 radical (unpaired) electrons. The van der Waals surface area contributed by atoms with E-state index in [-0.39, 0.29) is 0 Å². The van der Waals surface area contributed by atoms with Crippen LogP contribution in [-0.2, 0) is 6.42 Å². The first-order valence-corrected chi connectivity index (χ1v) is 5.74. The predicted octanol–water partition coefficient (Wildman–Crippen LogP) is 2.53. The van der Waals surface area contributed by atoms with Gasteiger partial charge < -0.3 is 4.74 Å². The summed E-state index contributed by atoms with van der Waals surface area (Å²) in [5.74, 6) is 0.750. The first-order valence-electron chi connectivity index (χ1n) is 5.74. The third kappa shape index (κ3) is 2.37. The van der Waals surface area contributed by atoms with Crippen LogP contribution in [0.25, 0.3) is 11.3 Å². The third-order valence-corrected chi connectivity index (χ3v) is 2.75. The fourth-order valence-corrected chi connectivity index (χ4v) is 1.72. The van der Waals surface area contributed by atoms with Crippen molar-refractivity contribution in [1.82, 2.24) is 10.2 Å². The van der Waals surface area contributed by atoms with Gasteiger partial charge in [0, 0.05) is 5.56 Å². The molecular weight excluding hydrogens is 228 g/mol. The summed E-state index contributed by atoms with van der Waals surface area (Å²) in [6.45, 7) is 2.09. The van der Waals surface area contributed by atoms with E-state index in [0.29, 0.717) is 17.7 Å². The minimum atomic E-state index is 0.323. The van der Waals surface area contributed by atoms with E-state index < -0.39 is 0 Å². The number of aromatic nitrogens is 2. The molecule has 92 valence electrons. The first-order chi connectivity index (χ1) is 8.78. The molecule has 18 heavy (non-hydrogen) atoms. The number of carbonyl (C=O) groups excluding carboxylic acids is 1. The van der Waals surface area contributed by atoms with Gasteiger partial charge in [0.25, 0.3) is 0 Å². The molecule has 4 nitrogen and oxygen atoms in total. The molecule has 0 aliphatic rings. The lowest BCUT2D eigenvalue weighted by molar-refractivity contribution is 0.111. The summed E-state index contributed by atoms with van der Waals surface area (Å²) in [5, 5.41) is 7.87. The zero-order chi connectivity index (χ0) is 13.0. The summed E-state index contributed by atoms with van der Waals surface area (Å²) in [4.78, 5) is 10.6. The van der Waals surface area contributed by atoms with Gasteiger partial charge in [0.2, 0.25) is 0 Å². The zero-order valence-electron chi connectivity index (χ0n) is 10.4. The molecule has 0 saturated carbocycles. The Balaban J connectivity index is 2.49. The molecule has 0 N–H and O–H groups in total. The quantitative estimate of drug-likeness (QED) is 0.773. The minimum absolute atomic E-state index is 0.323. The SMILES string of the molecule is CCc1ccc(OC)c(-c2ccc(C=O)nn2)c1. The molecule has 0 spiro atoms. The number of carbonyl (C=O) groups is 1. The average Bonchev–Trinajstić information content (AvgIpc) is 2.46. The van der Waals surface area contributed by atoms with Gasteiger partial charge in [-0.15, -0.1) is 10.2 Å². The van der Waals surface area contributed by atoms with Crippen LogP contribution < -0.4 is 4.74 Å². The highest BCUT2D eigenvalue weighted by Crippen LogP contribution is 2.29. The molecule has 1 aromatic carbocycles. The van der Waals surface area contributed by atoms with Crippen LogP contribution in [0.3, 0.4) is 0 Å². The van der Waals surface area contributed by atoms with Gasteiger partial charge in [0.1, 0.15) is 11.4 Å². The van der Waals surface area contributed by atoms with Gasteiger partial charge in [0.15, 0.2) is 6.29 Å². The van der Waals surface area contributed by atoms with E-state index in [0.717, 1.165) is 17.7 Å². The number of nitrogens with zero attached hydrogens (tertiary/aromatic N) is 2. The predicted molar refractivity (Wildman–Crippen MR) is 68.8 cm³/mol. The van der Waals surface area contributed by atoms with E-state index in [2.05, 4.69) is 17.1 Å². The van der Waals surface area contributed by atoms with Gasteiger partial charge in [-0.2, -0.15) is 0 Å². The highest BCUT2D eigenvalue weighted by atomic mass is 16.5. The van der Waals surface area contributed by atoms with E-state index >= 15 is 0 Å². The Hall–Kier alpha value is -2.23. The van der Waals surface area contributed by atoms with E-state index in [1.807, 2.05) is 18.2 Å². The Morgan fingerprint density at radius 3 is 2.61 bits per heavy atom. The molecule has 2 rings (SSSR count). The monoisotopic (exact) mass is 242 g/mol. The van der Waals surface area contributed by atoms with Gasteiger partial charge in [-0.25, -0.2) is 0 Å². The van der Waals surface area contributed by atoms with Crippen LogP contribution in [0.1, 0.15) is 23.0 Å². The van der Waals surface area contributed by atoms with Crippen molar-refractivity contribution in [3.63, 3.8) is 0 Å². The van der Waals surface area contributed by atoms with Crippen LogP contribution >= 0.6 is 0 Å². The summed E-state index contributed by atoms with van der Waals surface area (Å²) in [7, 11) is 1.62. The molecule has 0 atom stereocenters. The van der Waals surface area contributed by atoms with Crippen molar-refractivity contribution in [2.45, 2.75) is 13.3 Å². The fraction of sp³-hybridized carbons (Fsp3) is 0.214. The Morgan fingerprint density at radius 2 is 2.06 bits per heavy atom. The number of benzene rings is 1. The summed E-state index contributed by atoms with van der Waals surface area (Å²) < 4.78 is 5.32. The van der Waals surface area contributed by atoms with E-state index in [1.165, 1.54) is 5.56 Å². The fourth-order valence-electron chi connectivity index (χ4n) is 1.72. The maximum atomic E-state index is 10.6. The third-order valence-electron chi connectivity index (χ3n) is 2.75. The molecule has 1 heterocycles. The van der Waals surface area contributed by atoms with Gasteiger partial charge in [-0.3, -0.25) is 4.79 Å². The van der Waals surface area contributed by atoms with Crippen LogP contribution in [0.4, 0.5) is 0 Å². The number of hydrogen-bond donors (Lipinski definition) is 0. The Morgan fingerprint density at radius 1 is 1.22 bits per heavy atom. The molecule has 0 amide bonds. The number of aldehydes is 1. The van der Waals surface area contributed by atoms with Gasteiger partial charge in [-0.05, 0) is 36.2 Å². The average molecular weight is 242 g/mol. The van der Waals surface area contributed by atoms with Crippen molar-refractivity contribution >= 4 is 6.29 Å². The van der Waals surface area contributed by atoms with Gasteiger partial charge >= 0.3 is 0 Å². The van der Waals surface area contributed by atoms with Crippen molar-refractivity contribution in [2.75, 3.05) is 7.11 Å². The molecule has 0 fully saturated rings. The molecule has 0 unspecified atom stereocenters. The lowest BCUT2D eigenvalue weighted by atomic mass is 10.0. The second-order valence-corrected chi connectivity index (χ2v) is 3.85. The Bertz CT molecular complexity index is 550. The van der Waals surface area contributed by atoms with Crippen LogP contribution in [0, 0.1) is 0 Å². The van der Waals surface area contributed by atoms with Crippen LogP contribution in [0.5, 0.6) is 5.75 Å². The van der Waals surface area contributed by atoms with Crippen molar-refractivity contribution < 1.29 is 9.53 Å². The number of ether oxygens (including phenoxy) is 1. The van der Waals surface area contributed by atoms with Crippen molar-refractivity contribution in [2.24, 2.45) is 0 Å². The first kappa shape index (κ1) is 12.2. The Labute approximate surface area is 106 Å². The molecule has 0 bridgehead atoms. The maximum absolute atomic E-state index is 10.6. The molecule has 0 aliphatic heterocycles. The summed E-state index contributed by atoms with van der Waals surface area (Å²) in [6, 6.07) is 9.39. The molecule has 0 aliphatic carbocycles. The normalized spacial score (nSPS) is 10.1. The van der Waals surface area contributed by atoms with Crippen LogP contribution in [-0.4, -0.2) is 23.6 Å². The Kier molecular flexibility index (Phi) is 3.67. The highest BCUT2D eigenvalue weighted by molar-refractivity contribution is 5.73. The maximum Gasteiger partial charge on any atom is 0.170 e. The summed E-state index contributed by atoms with van der Waals surface area (Å²) >= 11 is 0. The van der Waals surface area contributed by atoms with Gasteiger partial charge in [0.05, 0.1) is 12.8 Å². The number of aryl methyl sites for hydroxylation is 1. The van der Waals surface area contributed by atoms with Crippen molar-refractivity contribution in [1.29, 1.82) is 0 Å². The number of hydrogen-bond acceptors (Lipinski definition) is 4. The summed E-state index contributed by atoms with van der Waals surface area (Å²) in [6.07, 6.45) is 1.62. The largest absolute Gasteiger partial charge is 0.496 e. The molecule has 2 aromatic rings. The highest BCUT2D eigenvalue weighted by Gasteiger charge is 2.08. The van der Waals surface area contributed by atoms with E-state index in [4.69, 9.17) is 4.74 Å². The van der Waals surface area contributed by atoms with Crippen LogP contribution in [0.15, 0.2) is 30.3 Å². The minimum Gasteiger partial charge on any atom is -0.496 e. The lowest BCUT2D eigenvalue weighted by Gasteiger charge is -2.09. The van der Waals surface area contributed by atoms with Crippen molar-refractivity contribution in [3.05, 3.63) is 41.6 Å². The summed E-state index contributed by atoms with van der Waals surface area (Å²) in [5.41, 5.74) is 3.12. The number of methoxy groups -OCH3 is 1. The zero-order valence-corrected chi connectivity index (χ0v) is 10.4. The molecule has 1 aromatic heterocycles. The second kappa shape index (κ2) is 5.40. The van der Waals surface area contributed by atoms with Gasteiger partial charge in [-0.1, -0.05) is 13.0 Å².